The number of hydrogen-bond donors (Lipinski definition) is 2. The molecule has 0 radical (unpaired) electrons. The fraction of sp³-hybridized carbons (Fsp3) is 0.370. The first-order valence-corrected chi connectivity index (χ1v) is 21.4. The second-order valence-electron chi connectivity index (χ2n) is 16.6. The molecule has 2 N–H and O–H groups in total. The van der Waals surface area contributed by atoms with Gasteiger partial charge in [-0.3, -0.25) is 24.0 Å². The maximum atomic E-state index is 14.0. The second kappa shape index (κ2) is 19.3. The van der Waals surface area contributed by atoms with Gasteiger partial charge in [-0.1, -0.05) is 51.1 Å². The first-order valence-electron chi connectivity index (χ1n) is 20.5. The summed E-state index contributed by atoms with van der Waals surface area (Å²) >= 11 is 1.57. The highest BCUT2D eigenvalue weighted by molar-refractivity contribution is 7.13. The smallest absolute Gasteiger partial charge is 0.266 e. The van der Waals surface area contributed by atoms with Crippen LogP contribution in [0.1, 0.15) is 60.9 Å². The molecule has 2 aromatic carbocycles. The van der Waals surface area contributed by atoms with Crippen molar-refractivity contribution in [3.63, 3.8) is 0 Å². The number of carbonyl (C=O) groups is 4. The molecular formula is C46H49N7O9S. The van der Waals surface area contributed by atoms with Crippen molar-refractivity contribution in [2.75, 3.05) is 26.4 Å². The van der Waals surface area contributed by atoms with Gasteiger partial charge in [0.2, 0.25) is 17.7 Å². The van der Waals surface area contributed by atoms with Crippen LogP contribution in [-0.2, 0) is 39.1 Å². The summed E-state index contributed by atoms with van der Waals surface area (Å²) in [4.78, 5) is 80.9. The van der Waals surface area contributed by atoms with E-state index in [2.05, 4.69) is 25.4 Å². The average molecular weight is 876 g/mol. The van der Waals surface area contributed by atoms with Gasteiger partial charge in [0, 0.05) is 51.4 Å². The van der Waals surface area contributed by atoms with E-state index in [4.69, 9.17) is 13.9 Å². The Balaban J connectivity index is 0.849. The number of aromatic nitrogens is 5. The number of Topliss-reactive ketones (excluding diaryl/α,β-unsaturated/α-hetero) is 2. The van der Waals surface area contributed by atoms with Gasteiger partial charge in [0.15, 0.2) is 17.1 Å². The fourth-order valence-corrected chi connectivity index (χ4v) is 8.15. The van der Waals surface area contributed by atoms with Crippen LogP contribution < -0.4 is 15.6 Å². The predicted octanol–water partition coefficient (Wildman–Crippen LogP) is 5.14. The molecule has 1 fully saturated rings. The van der Waals surface area contributed by atoms with Crippen LogP contribution in [0, 0.1) is 18.3 Å². The molecule has 0 aliphatic carbocycles. The number of ketones is 2. The monoisotopic (exact) mass is 875 g/mol. The Bertz CT molecular complexity index is 2670. The lowest BCUT2D eigenvalue weighted by atomic mass is 9.77. The molecule has 1 aliphatic rings. The number of ether oxygens (including phenoxy) is 2. The molecule has 5 heterocycles. The number of aliphatic hydroxyl groups is 1. The number of fused-ring (bicyclic) bond motifs is 1. The number of rotatable bonds is 17. The number of benzene rings is 2. The normalized spacial score (nSPS) is 15.7. The standard InChI is InChI=1S/C46H49N7O9S/c1-27-42(63-26-49-27)30-9-6-28(7-10-30)22-48-43(58)38-21-31(54)24-53(38)45(59)34(46(2,3)4)20-32(55)25-60-16-17-61-33-11-12-35(47-23-33)39(56)19-29-8-14-40-37(18-29)50-44(62-40)36-13-15-41(57)52(5)51-36/h6-15,18,23,26,31,34,38,54H,16-17,19-22,24-25H2,1-5H3,(H,48,58)/t31-,34-,38+/m1/s1. The number of nitrogens with one attached hydrogen (secondary N) is 1. The van der Waals surface area contributed by atoms with Crippen LogP contribution >= 0.6 is 11.3 Å². The number of pyridine rings is 1. The lowest BCUT2D eigenvalue weighted by Gasteiger charge is -2.34. The molecule has 1 aliphatic heterocycles. The van der Waals surface area contributed by atoms with Crippen LogP contribution in [0.25, 0.3) is 33.1 Å². The van der Waals surface area contributed by atoms with E-state index in [1.54, 1.807) is 48.7 Å². The number of amides is 2. The Morgan fingerprint density at radius 1 is 1.00 bits per heavy atom. The molecule has 2 amide bonds. The molecule has 328 valence electrons. The summed E-state index contributed by atoms with van der Waals surface area (Å²) in [5, 5.41) is 17.7. The number of hydrogen-bond acceptors (Lipinski definition) is 14. The van der Waals surface area contributed by atoms with E-state index >= 15 is 0 Å². The Morgan fingerprint density at radius 2 is 1.78 bits per heavy atom. The van der Waals surface area contributed by atoms with Crippen molar-refractivity contribution in [2.24, 2.45) is 18.4 Å². The van der Waals surface area contributed by atoms with Crippen LogP contribution in [-0.4, -0.2) is 96.6 Å². The van der Waals surface area contributed by atoms with Gasteiger partial charge >= 0.3 is 0 Å². The molecule has 7 rings (SSSR count). The zero-order chi connectivity index (χ0) is 44.8. The maximum absolute atomic E-state index is 14.0. The van der Waals surface area contributed by atoms with Crippen LogP contribution in [0.3, 0.4) is 0 Å². The van der Waals surface area contributed by atoms with E-state index in [9.17, 15) is 29.1 Å². The number of aryl methyl sites for hydroxylation is 2. The zero-order valence-electron chi connectivity index (χ0n) is 35.7. The van der Waals surface area contributed by atoms with Crippen LogP contribution in [0.4, 0.5) is 0 Å². The number of likely N-dealkylation sites (tertiary alicyclic amines) is 1. The molecule has 0 spiro atoms. The minimum atomic E-state index is -0.870. The number of nitrogens with zero attached hydrogens (tertiary/aromatic N) is 6. The second-order valence-corrected chi connectivity index (χ2v) is 17.5. The maximum Gasteiger partial charge on any atom is 0.266 e. The predicted molar refractivity (Wildman–Crippen MR) is 234 cm³/mol. The molecule has 63 heavy (non-hydrogen) atoms. The van der Waals surface area contributed by atoms with Gasteiger partial charge in [-0.15, -0.1) is 11.3 Å². The lowest BCUT2D eigenvalue weighted by Crippen LogP contribution is -2.50. The van der Waals surface area contributed by atoms with Gasteiger partial charge in [0.05, 0.1) is 35.0 Å². The van der Waals surface area contributed by atoms with E-state index in [1.165, 1.54) is 27.9 Å². The zero-order valence-corrected chi connectivity index (χ0v) is 36.5. The van der Waals surface area contributed by atoms with Gasteiger partial charge < -0.3 is 29.2 Å². The lowest BCUT2D eigenvalue weighted by molar-refractivity contribution is -0.146. The van der Waals surface area contributed by atoms with E-state index in [0.29, 0.717) is 28.1 Å². The van der Waals surface area contributed by atoms with Crippen molar-refractivity contribution in [3.05, 3.63) is 111 Å². The number of aliphatic hydroxyl groups excluding tert-OH is 1. The van der Waals surface area contributed by atoms with Crippen LogP contribution in [0.2, 0.25) is 0 Å². The van der Waals surface area contributed by atoms with Gasteiger partial charge in [0.25, 0.3) is 5.56 Å². The van der Waals surface area contributed by atoms with Crippen molar-refractivity contribution < 1.29 is 38.2 Å². The third kappa shape index (κ3) is 11.0. The summed E-state index contributed by atoms with van der Waals surface area (Å²) in [6.45, 7) is 7.77. The summed E-state index contributed by atoms with van der Waals surface area (Å²) < 4.78 is 18.3. The number of thiazole rings is 1. The summed E-state index contributed by atoms with van der Waals surface area (Å²) in [6.07, 6.45) is 0.655. The van der Waals surface area contributed by atoms with Gasteiger partial charge in [-0.2, -0.15) is 5.10 Å². The summed E-state index contributed by atoms with van der Waals surface area (Å²) in [5.41, 5.74) is 6.26. The van der Waals surface area contributed by atoms with E-state index in [1.807, 2.05) is 57.5 Å². The third-order valence-electron chi connectivity index (χ3n) is 10.8. The van der Waals surface area contributed by atoms with Crippen LogP contribution in [0.15, 0.2) is 87.6 Å². The van der Waals surface area contributed by atoms with E-state index in [-0.39, 0.29) is 92.7 Å². The molecule has 0 unspecified atom stereocenters. The highest BCUT2D eigenvalue weighted by atomic mass is 32.1. The van der Waals surface area contributed by atoms with Crippen molar-refractivity contribution in [1.82, 2.24) is 34.9 Å². The molecule has 0 bridgehead atoms. The molecule has 0 saturated carbocycles. The Kier molecular flexibility index (Phi) is 13.7. The Hall–Kier alpha value is -6.43. The summed E-state index contributed by atoms with van der Waals surface area (Å²) in [7, 11) is 1.54. The quantitative estimate of drug-likeness (QED) is 0.0901. The Labute approximate surface area is 367 Å². The first kappa shape index (κ1) is 44.6. The largest absolute Gasteiger partial charge is 0.490 e. The average Bonchev–Trinajstić information content (AvgIpc) is 4.00. The van der Waals surface area contributed by atoms with E-state index in [0.717, 1.165) is 21.7 Å². The van der Waals surface area contributed by atoms with Crippen molar-refractivity contribution in [3.8, 4) is 27.8 Å². The van der Waals surface area contributed by atoms with Crippen molar-refractivity contribution in [1.29, 1.82) is 0 Å². The highest BCUT2D eigenvalue weighted by Crippen LogP contribution is 2.34. The van der Waals surface area contributed by atoms with Gasteiger partial charge in [-0.25, -0.2) is 19.6 Å². The van der Waals surface area contributed by atoms with E-state index < -0.39 is 23.5 Å². The summed E-state index contributed by atoms with van der Waals surface area (Å²) in [6, 6.07) is 18.4. The number of oxazole rings is 1. The topological polar surface area (TPSA) is 209 Å². The van der Waals surface area contributed by atoms with Crippen molar-refractivity contribution >= 4 is 45.8 Å². The highest BCUT2D eigenvalue weighted by Gasteiger charge is 2.44. The molecule has 1 saturated heterocycles. The molecule has 17 heteroatoms. The van der Waals surface area contributed by atoms with Gasteiger partial charge in [-0.05, 0) is 59.4 Å². The minimum absolute atomic E-state index is 0.000911. The first-order chi connectivity index (χ1) is 30.1. The molecular weight excluding hydrogens is 827 g/mol. The molecule has 16 nitrogen and oxygen atoms in total. The summed E-state index contributed by atoms with van der Waals surface area (Å²) in [5.74, 6) is -1.31. The minimum Gasteiger partial charge on any atom is -0.490 e. The number of carbonyl (C=O) groups excluding carboxylic acids is 4. The van der Waals surface area contributed by atoms with Crippen LogP contribution in [0.5, 0.6) is 5.75 Å². The van der Waals surface area contributed by atoms with Crippen molar-refractivity contribution in [2.45, 2.75) is 65.6 Å². The van der Waals surface area contributed by atoms with Gasteiger partial charge in [0.1, 0.15) is 41.9 Å². The molecule has 6 aromatic rings. The SMILES string of the molecule is Cc1ncsc1-c1ccc(CNC(=O)[C@@H]2C[C@@H](O)CN2C(=O)[C@@H](CC(=O)COCCOc2ccc(C(=O)Cc3ccc4oc(-c5ccc(=O)n(C)n5)nc4c3)nc2)C(C)(C)C)cc1. The molecule has 3 atom stereocenters. The third-order valence-corrected chi connectivity index (χ3v) is 11.8. The molecule has 4 aromatic heterocycles. The number of β-amino-alcohol motifs (C(OH)–C–C–N with tert-alkyl or cyclic N) is 1. The Morgan fingerprint density at radius 3 is 2.48 bits per heavy atom. The fourth-order valence-electron chi connectivity index (χ4n) is 7.34.